The number of thiazole rings is 1. The van der Waals surface area contributed by atoms with E-state index in [4.69, 9.17) is 28.2 Å². The second-order valence-electron chi connectivity index (χ2n) is 8.11. The van der Waals surface area contributed by atoms with Crippen LogP contribution in [0.1, 0.15) is 37.3 Å². The highest BCUT2D eigenvalue weighted by Crippen LogP contribution is 2.47. The lowest BCUT2D eigenvalue weighted by Crippen LogP contribution is -2.56. The Morgan fingerprint density at radius 1 is 1.21 bits per heavy atom. The smallest absolute Gasteiger partial charge is 0.222 e. The fraction of sp³-hybridized carbons (Fsp3) is 0.364. The minimum Gasteiger partial charge on any atom is -0.342 e. The highest BCUT2D eigenvalue weighted by molar-refractivity contribution is 8.01. The summed E-state index contributed by atoms with van der Waals surface area (Å²) in [6, 6.07) is 10.8. The molecule has 29 heavy (non-hydrogen) atoms. The van der Waals surface area contributed by atoms with Crippen molar-refractivity contribution >= 4 is 62.4 Å². The van der Waals surface area contributed by atoms with Crippen molar-refractivity contribution in [3.05, 3.63) is 51.5 Å². The molecular weight excluding hydrogens is 443 g/mol. The highest BCUT2D eigenvalue weighted by atomic mass is 35.5. The van der Waals surface area contributed by atoms with Gasteiger partial charge in [-0.25, -0.2) is 4.98 Å². The first-order valence-corrected chi connectivity index (χ1v) is 12.1. The van der Waals surface area contributed by atoms with Gasteiger partial charge < -0.3 is 4.90 Å². The zero-order valence-electron chi connectivity index (χ0n) is 16.2. The number of benzene rings is 2. The lowest BCUT2D eigenvalue weighted by molar-refractivity contribution is -0.138. The summed E-state index contributed by atoms with van der Waals surface area (Å²) in [6.45, 7) is 2.33. The fourth-order valence-corrected chi connectivity index (χ4v) is 7.39. The first-order valence-electron chi connectivity index (χ1n) is 9.68. The Morgan fingerprint density at radius 2 is 2.00 bits per heavy atom. The molecule has 1 saturated heterocycles. The van der Waals surface area contributed by atoms with Crippen molar-refractivity contribution in [3.8, 4) is 0 Å². The van der Waals surface area contributed by atoms with E-state index < -0.39 is 0 Å². The molecule has 2 heterocycles. The number of halogens is 2. The Balaban J connectivity index is 1.45. The summed E-state index contributed by atoms with van der Waals surface area (Å²) in [7, 11) is 1.96. The molecular formula is C22H20Cl2N2OS2. The molecule has 2 aliphatic rings. The summed E-state index contributed by atoms with van der Waals surface area (Å²) in [5.74, 6) is 0.277. The van der Waals surface area contributed by atoms with Gasteiger partial charge >= 0.3 is 0 Å². The molecule has 2 atom stereocenters. The maximum atomic E-state index is 12.2. The van der Waals surface area contributed by atoms with Crippen molar-refractivity contribution < 1.29 is 4.79 Å². The van der Waals surface area contributed by atoms with Crippen molar-refractivity contribution in [2.24, 2.45) is 0 Å². The Hall–Kier alpha value is -1.27. The van der Waals surface area contributed by atoms with E-state index in [1.54, 1.807) is 23.1 Å². The number of carbonyl (C=O) groups is 1. The largest absolute Gasteiger partial charge is 0.342 e. The van der Waals surface area contributed by atoms with E-state index in [0.29, 0.717) is 22.5 Å². The first kappa shape index (κ1) is 19.7. The third kappa shape index (κ3) is 3.27. The van der Waals surface area contributed by atoms with Crippen LogP contribution in [-0.4, -0.2) is 28.9 Å². The van der Waals surface area contributed by atoms with Crippen molar-refractivity contribution in [1.29, 1.82) is 0 Å². The van der Waals surface area contributed by atoms with Crippen molar-refractivity contribution in [2.45, 2.75) is 53.3 Å². The average Bonchev–Trinajstić information content (AvgIpc) is 3.06. The maximum absolute atomic E-state index is 12.2. The van der Waals surface area contributed by atoms with Gasteiger partial charge in [-0.3, -0.25) is 4.79 Å². The number of aryl methyl sites for hydroxylation is 1. The third-order valence-corrected chi connectivity index (χ3v) is 9.24. The molecule has 2 aromatic carbocycles. The van der Waals surface area contributed by atoms with E-state index in [2.05, 4.69) is 25.1 Å². The number of likely N-dealkylation sites (N-methyl/N-ethyl adjacent to an activating group) is 1. The van der Waals surface area contributed by atoms with Crippen LogP contribution in [0.25, 0.3) is 10.2 Å². The number of likely N-dealkylation sites (tertiary alicyclic amines) is 1. The van der Waals surface area contributed by atoms with E-state index in [1.807, 2.05) is 24.1 Å². The summed E-state index contributed by atoms with van der Waals surface area (Å²) in [4.78, 5) is 20.1. The number of fused-ring (bicyclic) bond motifs is 4. The molecule has 7 heteroatoms. The van der Waals surface area contributed by atoms with Crippen LogP contribution in [0.3, 0.4) is 0 Å². The Morgan fingerprint density at radius 3 is 2.83 bits per heavy atom. The SMILES string of the molecule is CN1C(=O)CC[C@]2(C)c3ccc(Sc4nc5cc(Cl)c(Cl)cc5s4)cc3CC[C@@H]12. The van der Waals surface area contributed by atoms with Gasteiger partial charge in [-0.15, -0.1) is 11.3 Å². The maximum Gasteiger partial charge on any atom is 0.222 e. The number of hydrogen-bond acceptors (Lipinski definition) is 4. The van der Waals surface area contributed by atoms with Gasteiger partial charge in [0, 0.05) is 29.8 Å². The lowest BCUT2D eigenvalue weighted by atomic mass is 9.63. The number of hydrogen-bond donors (Lipinski definition) is 0. The molecule has 0 saturated carbocycles. The topological polar surface area (TPSA) is 33.2 Å². The van der Waals surface area contributed by atoms with Gasteiger partial charge in [-0.2, -0.15) is 0 Å². The zero-order chi connectivity index (χ0) is 20.3. The predicted molar refractivity (Wildman–Crippen MR) is 122 cm³/mol. The molecule has 1 aromatic heterocycles. The van der Waals surface area contributed by atoms with Crippen molar-refractivity contribution in [3.63, 3.8) is 0 Å². The summed E-state index contributed by atoms with van der Waals surface area (Å²) in [5.41, 5.74) is 3.74. The van der Waals surface area contributed by atoms with Crippen LogP contribution in [0, 0.1) is 0 Å². The average molecular weight is 463 g/mol. The summed E-state index contributed by atoms with van der Waals surface area (Å²) in [6.07, 6.45) is 3.60. The highest BCUT2D eigenvalue weighted by Gasteiger charge is 2.46. The van der Waals surface area contributed by atoms with Gasteiger partial charge in [-0.05, 0) is 54.7 Å². The quantitative estimate of drug-likeness (QED) is 0.431. The normalized spacial score (nSPS) is 23.9. The molecule has 1 amide bonds. The molecule has 0 N–H and O–H groups in total. The van der Waals surface area contributed by atoms with Gasteiger partial charge in [-0.1, -0.05) is 48.0 Å². The first-order chi connectivity index (χ1) is 13.8. The molecule has 3 aromatic rings. The number of carbonyl (C=O) groups excluding carboxylic acids is 1. The van der Waals surface area contributed by atoms with Gasteiger partial charge in [0.05, 0.1) is 20.3 Å². The molecule has 1 fully saturated rings. The zero-order valence-corrected chi connectivity index (χ0v) is 19.3. The third-order valence-electron chi connectivity index (χ3n) is 6.45. The number of piperidine rings is 1. The van der Waals surface area contributed by atoms with E-state index >= 15 is 0 Å². The predicted octanol–water partition coefficient (Wildman–Crippen LogP) is 6.58. The van der Waals surface area contributed by atoms with Gasteiger partial charge in [0.1, 0.15) is 0 Å². The van der Waals surface area contributed by atoms with E-state index in [-0.39, 0.29) is 11.3 Å². The molecule has 5 rings (SSSR count). The minimum atomic E-state index is 0.0444. The Labute approximate surface area is 188 Å². The van der Waals surface area contributed by atoms with Gasteiger partial charge in [0.15, 0.2) is 4.34 Å². The second-order valence-corrected chi connectivity index (χ2v) is 11.3. The van der Waals surface area contributed by atoms with Crippen LogP contribution in [0.5, 0.6) is 0 Å². The van der Waals surface area contributed by atoms with Crippen LogP contribution >= 0.6 is 46.3 Å². The number of amides is 1. The Bertz CT molecular complexity index is 1110. The van der Waals surface area contributed by atoms with E-state index in [0.717, 1.165) is 33.8 Å². The molecule has 0 unspecified atom stereocenters. The molecule has 150 valence electrons. The molecule has 3 nitrogen and oxygen atoms in total. The standard InChI is InChI=1S/C22H20Cl2N2OS2/c1-22-8-7-20(27)26(2)19(22)6-3-12-9-13(4-5-14(12)22)28-21-25-17-10-15(23)16(24)11-18(17)29-21/h4-5,9-11,19H,3,6-8H2,1-2H3/t19-,22-/m1/s1. The van der Waals surface area contributed by atoms with Gasteiger partial charge in [0.25, 0.3) is 0 Å². The van der Waals surface area contributed by atoms with Crippen LogP contribution in [0.15, 0.2) is 39.6 Å². The molecule has 0 bridgehead atoms. The van der Waals surface area contributed by atoms with Gasteiger partial charge in [0.2, 0.25) is 5.91 Å². The van der Waals surface area contributed by atoms with E-state index in [1.165, 1.54) is 16.0 Å². The monoisotopic (exact) mass is 462 g/mol. The molecule has 1 aliphatic carbocycles. The Kier molecular flexibility index (Phi) is 4.86. The van der Waals surface area contributed by atoms with Crippen LogP contribution < -0.4 is 0 Å². The van der Waals surface area contributed by atoms with Crippen LogP contribution in [-0.2, 0) is 16.6 Å². The molecule has 0 spiro atoms. The number of aromatic nitrogens is 1. The second kappa shape index (κ2) is 7.16. The number of rotatable bonds is 2. The minimum absolute atomic E-state index is 0.0444. The summed E-state index contributed by atoms with van der Waals surface area (Å²) in [5, 5.41) is 1.10. The van der Waals surface area contributed by atoms with Crippen LogP contribution in [0.2, 0.25) is 10.0 Å². The summed E-state index contributed by atoms with van der Waals surface area (Å²) >= 11 is 15.6. The van der Waals surface area contributed by atoms with Crippen molar-refractivity contribution in [1.82, 2.24) is 9.88 Å². The van der Waals surface area contributed by atoms with Crippen molar-refractivity contribution in [2.75, 3.05) is 7.05 Å². The molecule has 0 radical (unpaired) electrons. The summed E-state index contributed by atoms with van der Waals surface area (Å²) < 4.78 is 2.03. The lowest BCUT2D eigenvalue weighted by Gasteiger charge is -2.50. The number of nitrogens with zero attached hydrogens (tertiary/aromatic N) is 2. The van der Waals surface area contributed by atoms with Crippen LogP contribution in [0.4, 0.5) is 0 Å². The van der Waals surface area contributed by atoms with E-state index in [9.17, 15) is 4.79 Å². The fourth-order valence-electron chi connectivity index (χ4n) is 4.87. The molecule has 1 aliphatic heterocycles.